The number of carboxylic acids is 1. The normalized spacial score (nSPS) is 19.1. The van der Waals surface area contributed by atoms with Crippen molar-refractivity contribution in [1.82, 2.24) is 10.6 Å². The van der Waals surface area contributed by atoms with Crippen LogP contribution in [0.4, 0.5) is 0 Å². The fraction of sp³-hybridized carbons (Fsp3) is 0.444. The van der Waals surface area contributed by atoms with E-state index in [1.165, 1.54) is 6.92 Å². The molecule has 0 radical (unpaired) electrons. The van der Waals surface area contributed by atoms with Crippen molar-refractivity contribution in [3.05, 3.63) is 71.8 Å². The van der Waals surface area contributed by atoms with Crippen molar-refractivity contribution in [1.29, 1.82) is 0 Å². The second-order valence-electron chi connectivity index (χ2n) is 9.30. The molecule has 9 heteroatoms. The molecule has 2 aromatic rings. The first-order valence-corrected chi connectivity index (χ1v) is 12.0. The maximum absolute atomic E-state index is 13.2. The monoisotopic (exact) mass is 498 g/mol. The predicted molar refractivity (Wildman–Crippen MR) is 132 cm³/mol. The van der Waals surface area contributed by atoms with Crippen LogP contribution in [-0.4, -0.2) is 66.2 Å². The van der Waals surface area contributed by atoms with Gasteiger partial charge in [0.25, 0.3) is 0 Å². The van der Waals surface area contributed by atoms with Crippen molar-refractivity contribution < 1.29 is 33.7 Å². The van der Waals surface area contributed by atoms with Gasteiger partial charge in [-0.15, -0.1) is 0 Å². The Balaban J connectivity index is 1.77. The molecular formula is C27H34N2O7. The third kappa shape index (κ3) is 8.44. The second-order valence-corrected chi connectivity index (χ2v) is 9.30. The molecule has 3 N–H and O–H groups in total. The standard InChI is InChI=1S/C27H34N2O7/c1-18(25(31)32)28-24(30)22(14-19-10-6-4-7-11-19)29-23(15-20-12-8-5-9-13-20)26(33)34-16-21-17-35-27(2,3)36-21/h4-13,18,21-23,29H,14-17H2,1-3H3,(H,28,30)(H,31,32)/t18-,21-,22-,23?/m0/s1. The van der Waals surface area contributed by atoms with Crippen LogP contribution in [0.15, 0.2) is 60.7 Å². The van der Waals surface area contributed by atoms with Crippen LogP contribution in [-0.2, 0) is 41.4 Å². The Kier molecular flexibility index (Phi) is 9.58. The Hall–Kier alpha value is -3.27. The minimum Gasteiger partial charge on any atom is -0.480 e. The molecule has 194 valence electrons. The molecule has 1 aliphatic rings. The summed E-state index contributed by atoms with van der Waals surface area (Å²) >= 11 is 0. The fourth-order valence-electron chi connectivity index (χ4n) is 3.88. The van der Waals surface area contributed by atoms with E-state index in [9.17, 15) is 19.5 Å². The highest BCUT2D eigenvalue weighted by Crippen LogP contribution is 2.22. The van der Waals surface area contributed by atoms with Gasteiger partial charge in [0, 0.05) is 0 Å². The third-order valence-electron chi connectivity index (χ3n) is 5.78. The van der Waals surface area contributed by atoms with E-state index in [0.717, 1.165) is 11.1 Å². The average molecular weight is 499 g/mol. The van der Waals surface area contributed by atoms with Crippen molar-refractivity contribution >= 4 is 17.8 Å². The van der Waals surface area contributed by atoms with E-state index in [-0.39, 0.29) is 25.6 Å². The van der Waals surface area contributed by atoms with Crippen LogP contribution in [0.25, 0.3) is 0 Å². The number of hydrogen-bond donors (Lipinski definition) is 3. The molecule has 0 bridgehead atoms. The van der Waals surface area contributed by atoms with Crippen molar-refractivity contribution in [3.8, 4) is 0 Å². The summed E-state index contributed by atoms with van der Waals surface area (Å²) in [7, 11) is 0. The van der Waals surface area contributed by atoms with E-state index in [1.807, 2.05) is 60.7 Å². The van der Waals surface area contributed by atoms with E-state index >= 15 is 0 Å². The number of aliphatic carboxylic acids is 1. The zero-order chi connectivity index (χ0) is 26.1. The first-order chi connectivity index (χ1) is 17.1. The number of amides is 1. The number of ether oxygens (including phenoxy) is 3. The summed E-state index contributed by atoms with van der Waals surface area (Å²) in [5.74, 6) is -2.94. The topological polar surface area (TPSA) is 123 Å². The van der Waals surface area contributed by atoms with Crippen LogP contribution in [0.3, 0.4) is 0 Å². The Morgan fingerprint density at radius 3 is 2.06 bits per heavy atom. The number of hydrogen-bond acceptors (Lipinski definition) is 7. The highest BCUT2D eigenvalue weighted by molar-refractivity contribution is 5.87. The van der Waals surface area contributed by atoms with Gasteiger partial charge in [-0.2, -0.15) is 0 Å². The van der Waals surface area contributed by atoms with Crippen LogP contribution in [0, 0.1) is 0 Å². The number of rotatable bonds is 12. The summed E-state index contributed by atoms with van der Waals surface area (Å²) in [6.07, 6.45) is 0.146. The molecule has 1 saturated heterocycles. The SMILES string of the molecule is C[C@H](NC(=O)[C@H](Cc1ccccc1)NC(Cc1ccccc1)C(=O)OC[C@H]1COC(C)(C)O1)C(=O)O. The van der Waals surface area contributed by atoms with Crippen LogP contribution < -0.4 is 10.6 Å². The predicted octanol–water partition coefficient (Wildman–Crippen LogP) is 2.08. The Morgan fingerprint density at radius 2 is 1.56 bits per heavy atom. The molecule has 0 aromatic heterocycles. The molecule has 1 heterocycles. The number of carbonyl (C=O) groups excluding carboxylic acids is 2. The summed E-state index contributed by atoms with van der Waals surface area (Å²) in [5.41, 5.74) is 1.74. The number of carbonyl (C=O) groups is 3. The van der Waals surface area contributed by atoms with Crippen LogP contribution in [0.2, 0.25) is 0 Å². The van der Waals surface area contributed by atoms with E-state index in [1.54, 1.807) is 13.8 Å². The average Bonchev–Trinajstić information content (AvgIpc) is 3.21. The van der Waals surface area contributed by atoms with E-state index in [4.69, 9.17) is 14.2 Å². The molecule has 1 unspecified atom stereocenters. The minimum absolute atomic E-state index is 0.0147. The van der Waals surface area contributed by atoms with Gasteiger partial charge in [-0.25, -0.2) is 0 Å². The largest absolute Gasteiger partial charge is 0.480 e. The lowest BCUT2D eigenvalue weighted by molar-refractivity contribution is -0.160. The van der Waals surface area contributed by atoms with Crippen molar-refractivity contribution in [2.75, 3.05) is 13.2 Å². The third-order valence-corrected chi connectivity index (χ3v) is 5.78. The highest BCUT2D eigenvalue weighted by atomic mass is 16.7. The quantitative estimate of drug-likeness (QED) is 0.380. The highest BCUT2D eigenvalue weighted by Gasteiger charge is 2.35. The molecule has 0 saturated carbocycles. The summed E-state index contributed by atoms with van der Waals surface area (Å²) in [5, 5.41) is 14.9. The summed E-state index contributed by atoms with van der Waals surface area (Å²) in [6, 6.07) is 15.9. The zero-order valence-corrected chi connectivity index (χ0v) is 20.8. The Labute approximate surface area is 211 Å². The second kappa shape index (κ2) is 12.6. The van der Waals surface area contributed by atoms with Gasteiger partial charge in [0.1, 0.15) is 24.8 Å². The van der Waals surface area contributed by atoms with Crippen molar-refractivity contribution in [2.45, 2.75) is 63.6 Å². The number of benzene rings is 2. The lowest BCUT2D eigenvalue weighted by atomic mass is 10.0. The number of esters is 1. The van der Waals surface area contributed by atoms with Crippen LogP contribution in [0.1, 0.15) is 31.9 Å². The van der Waals surface area contributed by atoms with Crippen molar-refractivity contribution in [2.24, 2.45) is 0 Å². The van der Waals surface area contributed by atoms with Gasteiger partial charge < -0.3 is 24.6 Å². The zero-order valence-electron chi connectivity index (χ0n) is 20.8. The van der Waals surface area contributed by atoms with Crippen LogP contribution in [0.5, 0.6) is 0 Å². The summed E-state index contributed by atoms with van der Waals surface area (Å²) in [4.78, 5) is 37.6. The van der Waals surface area contributed by atoms with Gasteiger partial charge in [0.2, 0.25) is 5.91 Å². The molecule has 9 nitrogen and oxygen atoms in total. The first-order valence-electron chi connectivity index (χ1n) is 12.0. The molecule has 1 amide bonds. The fourth-order valence-corrected chi connectivity index (χ4v) is 3.88. The van der Waals surface area contributed by atoms with Gasteiger partial charge in [-0.05, 0) is 44.7 Å². The molecule has 1 aliphatic heterocycles. The molecule has 3 rings (SSSR count). The molecule has 36 heavy (non-hydrogen) atoms. The molecule has 2 aromatic carbocycles. The summed E-state index contributed by atoms with van der Waals surface area (Å²) in [6.45, 7) is 5.30. The molecule has 0 spiro atoms. The van der Waals surface area contributed by atoms with Crippen molar-refractivity contribution in [3.63, 3.8) is 0 Å². The molecule has 1 fully saturated rings. The Morgan fingerprint density at radius 1 is 1.00 bits per heavy atom. The molecular weight excluding hydrogens is 464 g/mol. The van der Waals surface area contributed by atoms with Gasteiger partial charge in [-0.1, -0.05) is 60.7 Å². The lowest BCUT2D eigenvalue weighted by Crippen LogP contribution is -2.55. The maximum atomic E-state index is 13.2. The van der Waals surface area contributed by atoms with Gasteiger partial charge >= 0.3 is 11.9 Å². The van der Waals surface area contributed by atoms with E-state index < -0.39 is 41.8 Å². The van der Waals surface area contributed by atoms with Gasteiger partial charge in [0.15, 0.2) is 5.79 Å². The summed E-state index contributed by atoms with van der Waals surface area (Å²) < 4.78 is 16.8. The Bertz CT molecular complexity index is 1010. The molecule has 0 aliphatic carbocycles. The number of carboxylic acid groups (broad SMARTS) is 1. The minimum atomic E-state index is -1.15. The van der Waals surface area contributed by atoms with Gasteiger partial charge in [0.05, 0.1) is 12.6 Å². The van der Waals surface area contributed by atoms with Crippen LogP contribution >= 0.6 is 0 Å². The maximum Gasteiger partial charge on any atom is 0.325 e. The van der Waals surface area contributed by atoms with E-state index in [0.29, 0.717) is 6.61 Å². The van der Waals surface area contributed by atoms with Gasteiger partial charge in [-0.3, -0.25) is 19.7 Å². The smallest absolute Gasteiger partial charge is 0.325 e. The first kappa shape index (κ1) is 27.3. The number of nitrogens with one attached hydrogen (secondary N) is 2. The lowest BCUT2D eigenvalue weighted by Gasteiger charge is -2.26. The van der Waals surface area contributed by atoms with E-state index in [2.05, 4.69) is 10.6 Å². The molecule has 4 atom stereocenters.